The first-order valence-electron chi connectivity index (χ1n) is 8.58. The summed E-state index contributed by atoms with van der Waals surface area (Å²) in [6.45, 7) is 1.09. The van der Waals surface area contributed by atoms with E-state index >= 15 is 0 Å². The Kier molecular flexibility index (Phi) is 3.95. The van der Waals surface area contributed by atoms with E-state index in [9.17, 15) is 9.59 Å². The Bertz CT molecular complexity index is 770. The predicted molar refractivity (Wildman–Crippen MR) is 94.0 cm³/mol. The van der Waals surface area contributed by atoms with Crippen molar-refractivity contribution in [3.05, 3.63) is 42.7 Å². The summed E-state index contributed by atoms with van der Waals surface area (Å²) in [6, 6.07) is 11.3. The van der Waals surface area contributed by atoms with Crippen LogP contribution in [0.15, 0.2) is 47.1 Å². The molecule has 1 aromatic heterocycles. The zero-order valence-corrected chi connectivity index (χ0v) is 14.1. The molecule has 6 nitrogen and oxygen atoms in total. The number of furan rings is 1. The van der Waals surface area contributed by atoms with Crippen LogP contribution in [0, 0.1) is 5.92 Å². The molecule has 1 N–H and O–H groups in total. The van der Waals surface area contributed by atoms with Crippen LogP contribution in [-0.4, -0.2) is 47.9 Å². The average molecular weight is 339 g/mol. The number of nitrogens with one attached hydrogen (secondary N) is 1. The lowest BCUT2D eigenvalue weighted by Gasteiger charge is -2.32. The molecule has 5 rings (SSSR count). The van der Waals surface area contributed by atoms with Crippen LogP contribution >= 0.6 is 0 Å². The Morgan fingerprint density at radius 3 is 2.68 bits per heavy atom. The van der Waals surface area contributed by atoms with E-state index in [0.717, 1.165) is 29.9 Å². The summed E-state index contributed by atoms with van der Waals surface area (Å²) < 4.78 is 5.37. The van der Waals surface area contributed by atoms with E-state index in [1.165, 1.54) is 0 Å². The van der Waals surface area contributed by atoms with E-state index < -0.39 is 0 Å². The molecule has 3 aliphatic heterocycles. The molecule has 6 heteroatoms. The number of amides is 3. The van der Waals surface area contributed by atoms with Crippen LogP contribution in [0.3, 0.4) is 0 Å². The highest BCUT2D eigenvalue weighted by Gasteiger charge is 2.40. The van der Waals surface area contributed by atoms with Crippen LogP contribution in [0.25, 0.3) is 11.3 Å². The van der Waals surface area contributed by atoms with Gasteiger partial charge in [-0.15, -0.1) is 0 Å². The number of urea groups is 1. The summed E-state index contributed by atoms with van der Waals surface area (Å²) >= 11 is 0. The summed E-state index contributed by atoms with van der Waals surface area (Å²) in [5, 5.41) is 2.94. The maximum absolute atomic E-state index is 12.6. The summed E-state index contributed by atoms with van der Waals surface area (Å²) in [5.41, 5.74) is 1.69. The lowest BCUT2D eigenvalue weighted by atomic mass is 9.95. The smallest absolute Gasteiger partial charge is 0.321 e. The minimum atomic E-state index is -0.147. The first-order chi connectivity index (χ1) is 12.1. The molecule has 0 spiro atoms. The lowest BCUT2D eigenvalue weighted by molar-refractivity contribution is -0.138. The third-order valence-corrected chi connectivity index (χ3v) is 5.19. The molecule has 130 valence electrons. The van der Waals surface area contributed by atoms with Crippen molar-refractivity contribution in [3.63, 3.8) is 0 Å². The Hall–Kier alpha value is -2.76. The number of hydrogen-bond donors (Lipinski definition) is 1. The van der Waals surface area contributed by atoms with E-state index in [4.69, 9.17) is 4.42 Å². The molecule has 0 saturated carbocycles. The van der Waals surface area contributed by atoms with Gasteiger partial charge >= 0.3 is 6.03 Å². The van der Waals surface area contributed by atoms with Gasteiger partial charge in [0.25, 0.3) is 0 Å². The maximum Gasteiger partial charge on any atom is 0.321 e. The minimum Gasteiger partial charge on any atom is -0.464 e. The van der Waals surface area contributed by atoms with Crippen LogP contribution < -0.4 is 5.32 Å². The number of fused-ring (bicyclic) bond motifs is 4. The highest BCUT2D eigenvalue weighted by Crippen LogP contribution is 2.28. The molecule has 2 atom stereocenters. The predicted octanol–water partition coefficient (Wildman–Crippen LogP) is 3.03. The van der Waals surface area contributed by atoms with Crippen LogP contribution in [0.4, 0.5) is 10.5 Å². The van der Waals surface area contributed by atoms with Crippen molar-refractivity contribution in [1.29, 1.82) is 0 Å². The van der Waals surface area contributed by atoms with Gasteiger partial charge < -0.3 is 19.5 Å². The summed E-state index contributed by atoms with van der Waals surface area (Å²) in [6.07, 6.45) is 3.47. The molecular weight excluding hydrogens is 318 g/mol. The van der Waals surface area contributed by atoms with Crippen LogP contribution in [-0.2, 0) is 4.79 Å². The molecule has 3 amide bonds. The molecular formula is C19H21N3O3. The summed E-state index contributed by atoms with van der Waals surface area (Å²) in [7, 11) is 1.84. The van der Waals surface area contributed by atoms with Crippen molar-refractivity contribution >= 4 is 17.6 Å². The number of carbonyl (C=O) groups is 2. The van der Waals surface area contributed by atoms with Crippen molar-refractivity contribution in [2.45, 2.75) is 18.9 Å². The van der Waals surface area contributed by atoms with Gasteiger partial charge in [0, 0.05) is 37.4 Å². The van der Waals surface area contributed by atoms with E-state index in [0.29, 0.717) is 13.1 Å². The van der Waals surface area contributed by atoms with Gasteiger partial charge in [-0.2, -0.15) is 0 Å². The Labute approximate surface area is 146 Å². The van der Waals surface area contributed by atoms with E-state index in [2.05, 4.69) is 5.32 Å². The molecule has 2 aromatic rings. The second-order valence-electron chi connectivity index (χ2n) is 6.77. The number of piperidine rings is 1. The van der Waals surface area contributed by atoms with Gasteiger partial charge in [0.1, 0.15) is 5.76 Å². The number of nitrogens with zero attached hydrogens (tertiary/aromatic N) is 2. The van der Waals surface area contributed by atoms with Crippen molar-refractivity contribution in [3.8, 4) is 11.3 Å². The van der Waals surface area contributed by atoms with Gasteiger partial charge in [0.15, 0.2) is 0 Å². The third kappa shape index (κ3) is 2.99. The molecule has 2 bridgehead atoms. The highest BCUT2D eigenvalue weighted by molar-refractivity contribution is 5.90. The topological polar surface area (TPSA) is 65.8 Å². The quantitative estimate of drug-likeness (QED) is 0.914. The Morgan fingerprint density at radius 2 is 1.96 bits per heavy atom. The molecule has 3 saturated heterocycles. The van der Waals surface area contributed by atoms with Crippen molar-refractivity contribution < 1.29 is 14.0 Å². The highest BCUT2D eigenvalue weighted by atomic mass is 16.3. The monoisotopic (exact) mass is 339 g/mol. The second-order valence-corrected chi connectivity index (χ2v) is 6.77. The number of rotatable bonds is 2. The molecule has 1 aromatic carbocycles. The summed E-state index contributed by atoms with van der Waals surface area (Å²) in [4.78, 5) is 28.4. The molecule has 0 aliphatic carbocycles. The lowest BCUT2D eigenvalue weighted by Crippen LogP contribution is -2.45. The van der Waals surface area contributed by atoms with E-state index in [-0.39, 0.29) is 23.9 Å². The molecule has 3 aliphatic rings. The van der Waals surface area contributed by atoms with E-state index in [1.54, 1.807) is 16.1 Å². The Balaban J connectivity index is 1.44. The van der Waals surface area contributed by atoms with Crippen molar-refractivity contribution in [1.82, 2.24) is 9.80 Å². The zero-order valence-electron chi connectivity index (χ0n) is 14.1. The standard InChI is InChI=1S/C19H21N3O3/c1-21-16-9-6-14(18(21)23)11-22(12-16)19(24)20-15-7-4-13(5-8-15)17-3-2-10-25-17/h2-5,7-8,10,14,16H,6,9,11-12H2,1H3,(H,20,24). The number of likely N-dealkylation sites (N-methyl/N-ethyl adjacent to an activating group) is 1. The molecule has 4 heterocycles. The molecule has 0 radical (unpaired) electrons. The van der Waals surface area contributed by atoms with Gasteiger partial charge in [-0.3, -0.25) is 4.79 Å². The number of carbonyl (C=O) groups excluding carboxylic acids is 2. The Morgan fingerprint density at radius 1 is 1.16 bits per heavy atom. The normalized spacial score (nSPS) is 22.8. The van der Waals surface area contributed by atoms with Gasteiger partial charge in [0.05, 0.1) is 12.2 Å². The fraction of sp³-hybridized carbons (Fsp3) is 0.368. The number of hydrogen-bond acceptors (Lipinski definition) is 3. The first-order valence-corrected chi connectivity index (χ1v) is 8.58. The minimum absolute atomic E-state index is 0.0733. The summed E-state index contributed by atoms with van der Waals surface area (Å²) in [5.74, 6) is 0.883. The average Bonchev–Trinajstić information content (AvgIpc) is 3.02. The SMILES string of the molecule is CN1C(=O)C2CCC1CN(C(=O)Nc1ccc(-c3ccco3)cc1)C2. The zero-order chi connectivity index (χ0) is 17.4. The van der Waals surface area contributed by atoms with E-state index in [1.807, 2.05) is 43.4 Å². The number of anilines is 1. The van der Waals surface area contributed by atoms with Crippen LogP contribution in [0.2, 0.25) is 0 Å². The van der Waals surface area contributed by atoms with Gasteiger partial charge in [0.2, 0.25) is 5.91 Å². The van der Waals surface area contributed by atoms with Gasteiger partial charge in [-0.25, -0.2) is 4.79 Å². The van der Waals surface area contributed by atoms with Gasteiger partial charge in [-0.05, 0) is 49.2 Å². The maximum atomic E-state index is 12.6. The van der Waals surface area contributed by atoms with Crippen molar-refractivity contribution in [2.75, 3.05) is 25.5 Å². The number of benzene rings is 1. The molecule has 2 unspecified atom stereocenters. The molecule has 3 fully saturated rings. The van der Waals surface area contributed by atoms with Crippen LogP contribution in [0.5, 0.6) is 0 Å². The van der Waals surface area contributed by atoms with Crippen molar-refractivity contribution in [2.24, 2.45) is 5.92 Å². The van der Waals surface area contributed by atoms with Gasteiger partial charge in [-0.1, -0.05) is 0 Å². The van der Waals surface area contributed by atoms with Crippen LogP contribution in [0.1, 0.15) is 12.8 Å². The fourth-order valence-corrected chi connectivity index (χ4v) is 3.69. The third-order valence-electron chi connectivity index (χ3n) is 5.19. The molecule has 25 heavy (non-hydrogen) atoms. The second kappa shape index (κ2) is 6.27. The largest absolute Gasteiger partial charge is 0.464 e. The first kappa shape index (κ1) is 15.7. The fourth-order valence-electron chi connectivity index (χ4n) is 3.69.